The number of para-hydroxylation sites is 1. The van der Waals surface area contributed by atoms with Gasteiger partial charge in [-0.05, 0) is 18.2 Å². The van der Waals surface area contributed by atoms with E-state index in [9.17, 15) is 9.59 Å². The van der Waals surface area contributed by atoms with E-state index in [1.807, 2.05) is 18.2 Å². The largest absolute Gasteiger partial charge is 0.496 e. The van der Waals surface area contributed by atoms with E-state index >= 15 is 0 Å². The molecule has 1 heterocycles. The third-order valence-corrected chi connectivity index (χ3v) is 2.89. The van der Waals surface area contributed by atoms with Crippen molar-refractivity contribution in [1.82, 2.24) is 10.3 Å². The minimum Gasteiger partial charge on any atom is -0.496 e. The minimum atomic E-state index is -1.19. The lowest BCUT2D eigenvalue weighted by molar-refractivity contribution is 0.0690. The van der Waals surface area contributed by atoms with Gasteiger partial charge in [-0.25, -0.2) is 4.79 Å². The molecule has 0 atom stereocenters. The number of hydrogen-bond donors (Lipinski definition) is 2. The summed E-state index contributed by atoms with van der Waals surface area (Å²) in [5.41, 5.74) is 0.552. The van der Waals surface area contributed by atoms with Gasteiger partial charge in [0.15, 0.2) is 0 Å². The zero-order valence-electron chi connectivity index (χ0n) is 11.4. The van der Waals surface area contributed by atoms with Crippen molar-refractivity contribution >= 4 is 11.9 Å². The Bertz CT molecular complexity index is 670. The van der Waals surface area contributed by atoms with Gasteiger partial charge < -0.3 is 15.2 Å². The molecule has 0 bridgehead atoms. The molecule has 0 spiro atoms. The van der Waals surface area contributed by atoms with E-state index in [0.717, 1.165) is 5.56 Å². The van der Waals surface area contributed by atoms with Gasteiger partial charge in [-0.15, -0.1) is 0 Å². The van der Waals surface area contributed by atoms with Crippen LogP contribution in [0.1, 0.15) is 26.4 Å². The summed E-state index contributed by atoms with van der Waals surface area (Å²) < 4.78 is 5.18. The summed E-state index contributed by atoms with van der Waals surface area (Å²) in [4.78, 5) is 27.0. The number of rotatable bonds is 5. The fourth-order valence-electron chi connectivity index (χ4n) is 1.87. The molecular formula is C15H14N2O4. The molecule has 1 amide bonds. The van der Waals surface area contributed by atoms with Gasteiger partial charge in [0.05, 0.1) is 12.7 Å². The Balaban J connectivity index is 2.14. The zero-order chi connectivity index (χ0) is 15.2. The topological polar surface area (TPSA) is 88.5 Å². The lowest BCUT2D eigenvalue weighted by atomic mass is 10.1. The maximum atomic E-state index is 12.1. The van der Waals surface area contributed by atoms with Crippen LogP contribution in [-0.4, -0.2) is 29.1 Å². The van der Waals surface area contributed by atoms with Crippen molar-refractivity contribution in [1.29, 1.82) is 0 Å². The molecule has 6 nitrogen and oxygen atoms in total. The minimum absolute atomic E-state index is 0.111. The van der Waals surface area contributed by atoms with Crippen LogP contribution in [0.4, 0.5) is 0 Å². The second kappa shape index (κ2) is 6.51. The van der Waals surface area contributed by atoms with Gasteiger partial charge in [0, 0.05) is 18.3 Å². The summed E-state index contributed by atoms with van der Waals surface area (Å²) in [5.74, 6) is -1.08. The number of benzene rings is 1. The van der Waals surface area contributed by atoms with Gasteiger partial charge >= 0.3 is 5.97 Å². The predicted molar refractivity (Wildman–Crippen MR) is 75.4 cm³/mol. The third kappa shape index (κ3) is 3.36. The predicted octanol–water partition coefficient (Wildman–Crippen LogP) is 1.72. The van der Waals surface area contributed by atoms with Gasteiger partial charge in [0.1, 0.15) is 11.4 Å². The van der Waals surface area contributed by atoms with Crippen molar-refractivity contribution in [3.8, 4) is 5.75 Å². The average molecular weight is 286 g/mol. The Morgan fingerprint density at radius 3 is 2.71 bits per heavy atom. The van der Waals surface area contributed by atoms with Gasteiger partial charge in [0.25, 0.3) is 5.91 Å². The standard InChI is InChI=1S/C15H14N2O4/c1-21-12-7-3-2-5-10(12)9-17-14(18)13-11(15(19)20)6-4-8-16-13/h2-8H,9H2,1H3,(H,17,18)(H,19,20). The number of aromatic nitrogens is 1. The number of carboxylic acid groups (broad SMARTS) is 1. The van der Waals surface area contributed by atoms with Crippen LogP contribution < -0.4 is 10.1 Å². The van der Waals surface area contributed by atoms with Crippen LogP contribution >= 0.6 is 0 Å². The number of ether oxygens (including phenoxy) is 1. The number of aromatic carboxylic acids is 1. The lowest BCUT2D eigenvalue weighted by Crippen LogP contribution is -2.26. The Labute approximate surface area is 121 Å². The summed E-state index contributed by atoms with van der Waals surface area (Å²) in [6.45, 7) is 0.221. The van der Waals surface area contributed by atoms with E-state index in [0.29, 0.717) is 5.75 Å². The summed E-state index contributed by atoms with van der Waals surface area (Å²) in [7, 11) is 1.54. The molecule has 0 saturated heterocycles. The first-order valence-electron chi connectivity index (χ1n) is 6.22. The molecule has 2 aromatic rings. The van der Waals surface area contributed by atoms with Gasteiger partial charge in [-0.1, -0.05) is 18.2 Å². The molecule has 2 N–H and O–H groups in total. The van der Waals surface area contributed by atoms with Crippen molar-refractivity contribution in [3.05, 3.63) is 59.4 Å². The molecule has 2 rings (SSSR count). The number of pyridine rings is 1. The highest BCUT2D eigenvalue weighted by Crippen LogP contribution is 2.17. The lowest BCUT2D eigenvalue weighted by Gasteiger charge is -2.10. The molecule has 6 heteroatoms. The van der Waals surface area contributed by atoms with Crippen molar-refractivity contribution in [2.75, 3.05) is 7.11 Å². The number of carboxylic acids is 1. The molecule has 21 heavy (non-hydrogen) atoms. The maximum absolute atomic E-state index is 12.1. The van der Waals surface area contributed by atoms with Gasteiger partial charge in [0.2, 0.25) is 0 Å². The van der Waals surface area contributed by atoms with E-state index in [-0.39, 0.29) is 17.8 Å². The Morgan fingerprint density at radius 1 is 1.24 bits per heavy atom. The molecule has 1 aromatic carbocycles. The normalized spacial score (nSPS) is 9.95. The molecule has 0 aliphatic heterocycles. The summed E-state index contributed by atoms with van der Waals surface area (Å²) >= 11 is 0. The van der Waals surface area contributed by atoms with Crippen molar-refractivity contribution < 1.29 is 19.4 Å². The number of carbonyl (C=O) groups excluding carboxylic acids is 1. The molecule has 0 radical (unpaired) electrons. The van der Waals surface area contributed by atoms with Gasteiger partial charge in [-0.3, -0.25) is 9.78 Å². The molecule has 0 aliphatic carbocycles. The number of amides is 1. The van der Waals surface area contributed by atoms with Crippen LogP contribution in [0, 0.1) is 0 Å². The highest BCUT2D eigenvalue weighted by atomic mass is 16.5. The van der Waals surface area contributed by atoms with E-state index in [4.69, 9.17) is 9.84 Å². The molecule has 0 aliphatic rings. The highest BCUT2D eigenvalue weighted by Gasteiger charge is 2.17. The average Bonchev–Trinajstić information content (AvgIpc) is 2.52. The monoisotopic (exact) mass is 286 g/mol. The summed E-state index contributed by atoms with van der Waals surface area (Å²) in [6, 6.07) is 10.1. The van der Waals surface area contributed by atoms with Crippen LogP contribution in [0.15, 0.2) is 42.6 Å². The van der Waals surface area contributed by atoms with E-state index < -0.39 is 11.9 Å². The second-order valence-electron chi connectivity index (χ2n) is 4.20. The number of nitrogens with one attached hydrogen (secondary N) is 1. The van der Waals surface area contributed by atoms with E-state index in [1.165, 1.54) is 18.3 Å². The van der Waals surface area contributed by atoms with Crippen molar-refractivity contribution in [2.45, 2.75) is 6.54 Å². The molecule has 0 unspecified atom stereocenters. The van der Waals surface area contributed by atoms with E-state index in [2.05, 4.69) is 10.3 Å². The maximum Gasteiger partial charge on any atom is 0.338 e. The quantitative estimate of drug-likeness (QED) is 0.873. The van der Waals surface area contributed by atoms with Crippen LogP contribution in [0.5, 0.6) is 5.75 Å². The first kappa shape index (κ1) is 14.5. The Hall–Kier alpha value is -2.89. The SMILES string of the molecule is COc1ccccc1CNC(=O)c1ncccc1C(=O)O. The second-order valence-corrected chi connectivity index (χ2v) is 4.20. The molecule has 0 saturated carbocycles. The summed E-state index contributed by atoms with van der Waals surface area (Å²) in [6.07, 6.45) is 1.38. The molecule has 108 valence electrons. The van der Waals surface area contributed by atoms with Crippen molar-refractivity contribution in [3.63, 3.8) is 0 Å². The smallest absolute Gasteiger partial charge is 0.338 e. The molecule has 1 aromatic heterocycles. The number of nitrogens with zero attached hydrogens (tertiary/aromatic N) is 1. The first-order chi connectivity index (χ1) is 10.1. The van der Waals surface area contributed by atoms with Crippen molar-refractivity contribution in [2.24, 2.45) is 0 Å². The fraction of sp³-hybridized carbons (Fsp3) is 0.133. The third-order valence-electron chi connectivity index (χ3n) is 2.89. The number of carbonyl (C=O) groups is 2. The van der Waals surface area contributed by atoms with Crippen LogP contribution in [-0.2, 0) is 6.54 Å². The van der Waals surface area contributed by atoms with Gasteiger partial charge in [-0.2, -0.15) is 0 Å². The first-order valence-corrected chi connectivity index (χ1v) is 6.22. The van der Waals surface area contributed by atoms with Crippen LogP contribution in [0.3, 0.4) is 0 Å². The number of hydrogen-bond acceptors (Lipinski definition) is 4. The Morgan fingerprint density at radius 2 is 2.00 bits per heavy atom. The van der Waals surface area contributed by atoms with Crippen LogP contribution in [0.25, 0.3) is 0 Å². The highest BCUT2D eigenvalue weighted by molar-refractivity contribution is 6.03. The molecular weight excluding hydrogens is 272 g/mol. The number of methoxy groups -OCH3 is 1. The Kier molecular flexibility index (Phi) is 4.50. The molecule has 0 fully saturated rings. The summed E-state index contributed by atoms with van der Waals surface area (Å²) in [5, 5.41) is 11.7. The fourth-order valence-corrected chi connectivity index (χ4v) is 1.87. The van der Waals surface area contributed by atoms with Crippen LogP contribution in [0.2, 0.25) is 0 Å². The zero-order valence-corrected chi connectivity index (χ0v) is 11.4. The van der Waals surface area contributed by atoms with E-state index in [1.54, 1.807) is 13.2 Å².